The van der Waals surface area contributed by atoms with E-state index >= 15 is 0 Å². The summed E-state index contributed by atoms with van der Waals surface area (Å²) < 4.78 is 9.13. The van der Waals surface area contributed by atoms with Crippen molar-refractivity contribution in [3.63, 3.8) is 0 Å². The van der Waals surface area contributed by atoms with Gasteiger partial charge in [0.25, 0.3) is 0 Å². The fraction of sp³-hybridized carbons (Fsp3) is 0.500. The molecule has 1 N–H and O–H groups in total. The Morgan fingerprint density at radius 1 is 0.968 bits per heavy atom. The van der Waals surface area contributed by atoms with E-state index in [1.165, 1.54) is 11.1 Å². The molecule has 1 atom stereocenters. The first-order valence-corrected chi connectivity index (χ1v) is 11.4. The molecule has 170 valence electrons. The van der Waals surface area contributed by atoms with Gasteiger partial charge in [-0.3, -0.25) is 0 Å². The maximum atomic E-state index is 11.2. The van der Waals surface area contributed by atoms with Crippen molar-refractivity contribution in [2.45, 2.75) is 37.4 Å². The lowest BCUT2D eigenvalue weighted by Gasteiger charge is -2.46. The second kappa shape index (κ2) is 12.0. The Hall–Kier alpha value is -1.34. The van der Waals surface area contributed by atoms with E-state index in [0.717, 1.165) is 57.7 Å². The summed E-state index contributed by atoms with van der Waals surface area (Å²) >= 11 is 8.53. The maximum absolute atomic E-state index is 11.2. The van der Waals surface area contributed by atoms with Crippen molar-refractivity contribution < 1.29 is 13.7 Å². The van der Waals surface area contributed by atoms with Crippen LogP contribution in [0.1, 0.15) is 36.3 Å². The molecule has 0 aromatic heterocycles. The highest BCUT2D eigenvalue weighted by molar-refractivity contribution is 6.24. The van der Waals surface area contributed by atoms with Gasteiger partial charge in [-0.25, -0.2) is 0 Å². The number of likely N-dealkylation sites (N-methyl/N-ethyl adjacent to an activating group) is 1. The van der Waals surface area contributed by atoms with Crippen LogP contribution in [0, 0.1) is 0 Å². The van der Waals surface area contributed by atoms with Crippen molar-refractivity contribution in [2.75, 3.05) is 39.8 Å². The van der Waals surface area contributed by atoms with Crippen LogP contribution in [0.25, 0.3) is 0 Å². The minimum absolute atomic E-state index is 0.174. The third-order valence-corrected chi connectivity index (χ3v) is 6.44. The van der Waals surface area contributed by atoms with Crippen LogP contribution >= 0.6 is 23.7 Å². The Morgan fingerprint density at radius 2 is 1.58 bits per heavy atom. The van der Waals surface area contributed by atoms with Crippen molar-refractivity contribution in [3.05, 3.63) is 65.7 Å². The van der Waals surface area contributed by atoms with E-state index in [9.17, 15) is 5.11 Å². The number of benzene rings is 2. The van der Waals surface area contributed by atoms with Crippen molar-refractivity contribution in [1.29, 1.82) is 0 Å². The summed E-state index contributed by atoms with van der Waals surface area (Å²) in [5.41, 5.74) is 1.85. The highest BCUT2D eigenvalue weighted by Crippen LogP contribution is 2.44. The van der Waals surface area contributed by atoms with Gasteiger partial charge in [-0.1, -0.05) is 42.5 Å². The molecule has 1 unspecified atom stereocenters. The molecule has 7 heteroatoms. The molecule has 5 nitrogen and oxygen atoms in total. The summed E-state index contributed by atoms with van der Waals surface area (Å²) in [5, 5.41) is 11.2. The fourth-order valence-corrected chi connectivity index (χ4v) is 4.30. The second-order valence-electron chi connectivity index (χ2n) is 8.52. The predicted octanol–water partition coefficient (Wildman–Crippen LogP) is 4.82. The first kappa shape index (κ1) is 24.3. The standard InChI is InChI=1S/C24H32N2O2.Cl2O/c1-25-14-16-26(17-15-25)18-23(24(27)12-5-13-24)21-8-10-22(11-9-21)28-19-20-6-3-2-4-7-20;1-3-2/h2-4,6-11,23,27H,5,12-19H2,1H3;. The summed E-state index contributed by atoms with van der Waals surface area (Å²) in [6, 6.07) is 18.6. The van der Waals surface area contributed by atoms with Gasteiger partial charge in [0, 0.05) is 38.6 Å². The molecule has 4 rings (SSSR count). The molecule has 1 saturated heterocycles. The topological polar surface area (TPSA) is 45.2 Å². The molecule has 2 fully saturated rings. The van der Waals surface area contributed by atoms with Crippen LogP contribution in [0.2, 0.25) is 0 Å². The van der Waals surface area contributed by atoms with Gasteiger partial charge in [-0.2, -0.15) is 3.84 Å². The molecule has 2 aromatic rings. The number of hydrogen-bond acceptors (Lipinski definition) is 5. The Bertz CT molecular complexity index is 764. The molecule has 0 spiro atoms. The van der Waals surface area contributed by atoms with Gasteiger partial charge < -0.3 is 19.6 Å². The molecule has 1 heterocycles. The smallest absolute Gasteiger partial charge is 0.119 e. The highest BCUT2D eigenvalue weighted by atomic mass is 35.6. The first-order chi connectivity index (χ1) is 15.0. The van der Waals surface area contributed by atoms with E-state index in [1.54, 1.807) is 0 Å². The number of halogens is 2. The van der Waals surface area contributed by atoms with Crippen LogP contribution in [0.4, 0.5) is 0 Å². The van der Waals surface area contributed by atoms with Crippen molar-refractivity contribution in [2.24, 2.45) is 0 Å². The van der Waals surface area contributed by atoms with Crippen LogP contribution in [0.5, 0.6) is 5.75 Å². The van der Waals surface area contributed by atoms with Crippen LogP contribution in [0.3, 0.4) is 0 Å². The number of nitrogens with zero attached hydrogens (tertiary/aromatic N) is 2. The van der Waals surface area contributed by atoms with Crippen LogP contribution in [-0.2, 0) is 10.4 Å². The summed E-state index contributed by atoms with van der Waals surface area (Å²) in [6.07, 6.45) is 2.96. The van der Waals surface area contributed by atoms with Gasteiger partial charge in [-0.05, 0) is 49.6 Å². The van der Waals surface area contributed by atoms with Gasteiger partial charge >= 0.3 is 0 Å². The van der Waals surface area contributed by atoms with Gasteiger partial charge in [0.2, 0.25) is 0 Å². The fourth-order valence-electron chi connectivity index (χ4n) is 4.30. The van der Waals surface area contributed by atoms with E-state index in [2.05, 4.69) is 80.8 Å². The maximum Gasteiger partial charge on any atom is 0.119 e. The lowest BCUT2D eigenvalue weighted by Crippen LogP contribution is -2.51. The zero-order valence-corrected chi connectivity index (χ0v) is 19.6. The highest BCUT2D eigenvalue weighted by Gasteiger charge is 2.43. The largest absolute Gasteiger partial charge is 0.489 e. The van der Waals surface area contributed by atoms with Gasteiger partial charge in [0.15, 0.2) is 0 Å². The van der Waals surface area contributed by atoms with E-state index < -0.39 is 5.60 Å². The Kier molecular flexibility index (Phi) is 9.45. The van der Waals surface area contributed by atoms with Crippen LogP contribution < -0.4 is 4.74 Å². The number of hydrogen-bond donors (Lipinski definition) is 1. The third-order valence-electron chi connectivity index (χ3n) is 6.44. The molecular weight excluding hydrogens is 435 g/mol. The molecule has 0 radical (unpaired) electrons. The SMILES string of the molecule is CN1CCN(CC(c2ccc(OCc3ccccc3)cc2)C2(O)CCC2)CC1.ClOCl. The van der Waals surface area contributed by atoms with E-state index in [4.69, 9.17) is 4.74 Å². The van der Waals surface area contributed by atoms with Gasteiger partial charge in [0.05, 0.1) is 29.3 Å². The van der Waals surface area contributed by atoms with Crippen molar-refractivity contribution in [1.82, 2.24) is 9.80 Å². The summed E-state index contributed by atoms with van der Waals surface area (Å²) in [5.74, 6) is 1.05. The average Bonchev–Trinajstić information content (AvgIpc) is 2.77. The average molecular weight is 467 g/mol. The van der Waals surface area contributed by atoms with Gasteiger partial charge in [0.1, 0.15) is 12.4 Å². The molecule has 2 aliphatic rings. The third kappa shape index (κ3) is 7.07. The molecule has 1 saturated carbocycles. The summed E-state index contributed by atoms with van der Waals surface area (Å²) in [7, 11) is 2.18. The van der Waals surface area contributed by atoms with Gasteiger partial charge in [-0.15, -0.1) is 0 Å². The second-order valence-corrected chi connectivity index (χ2v) is 8.98. The first-order valence-electron chi connectivity index (χ1n) is 10.8. The van der Waals surface area contributed by atoms with E-state index in [1.807, 2.05) is 18.2 Å². The zero-order valence-electron chi connectivity index (χ0n) is 18.1. The number of piperazine rings is 1. The lowest BCUT2D eigenvalue weighted by atomic mass is 9.68. The molecular formula is C24H32Cl2N2O3. The molecule has 31 heavy (non-hydrogen) atoms. The number of rotatable bonds is 7. The number of aliphatic hydroxyl groups is 1. The lowest BCUT2D eigenvalue weighted by molar-refractivity contribution is -0.0665. The van der Waals surface area contributed by atoms with Crippen LogP contribution in [-0.4, -0.2) is 60.3 Å². The Balaban J connectivity index is 0.000000858. The molecule has 0 bridgehead atoms. The molecule has 1 aliphatic carbocycles. The normalized spacial score (nSPS) is 19.6. The minimum atomic E-state index is -0.546. The molecule has 1 aliphatic heterocycles. The predicted molar refractivity (Wildman–Crippen MR) is 125 cm³/mol. The number of ether oxygens (including phenoxy) is 1. The Morgan fingerprint density at radius 3 is 2.13 bits per heavy atom. The monoisotopic (exact) mass is 466 g/mol. The van der Waals surface area contributed by atoms with Crippen molar-refractivity contribution in [3.8, 4) is 5.75 Å². The minimum Gasteiger partial charge on any atom is -0.489 e. The van der Waals surface area contributed by atoms with E-state index in [-0.39, 0.29) is 5.92 Å². The quantitative estimate of drug-likeness (QED) is 0.633. The van der Waals surface area contributed by atoms with E-state index in [0.29, 0.717) is 6.61 Å². The summed E-state index contributed by atoms with van der Waals surface area (Å²) in [4.78, 5) is 4.89. The van der Waals surface area contributed by atoms with Crippen LogP contribution in [0.15, 0.2) is 54.6 Å². The molecule has 0 amide bonds. The summed E-state index contributed by atoms with van der Waals surface area (Å²) in [6.45, 7) is 5.90. The zero-order chi connectivity index (χ0) is 22.1. The Labute approximate surface area is 195 Å². The van der Waals surface area contributed by atoms with Crippen molar-refractivity contribution >= 4 is 23.7 Å². The molecule has 2 aromatic carbocycles.